The fourth-order valence-corrected chi connectivity index (χ4v) is 2.28. The minimum Gasteiger partial charge on any atom is -0.495 e. The van der Waals surface area contributed by atoms with E-state index >= 15 is 0 Å². The van der Waals surface area contributed by atoms with Crippen molar-refractivity contribution in [1.82, 2.24) is 0 Å². The highest BCUT2D eigenvalue weighted by molar-refractivity contribution is 5.84. The molecule has 96 valence electrons. The predicted octanol–water partition coefficient (Wildman–Crippen LogP) is 3.47. The summed E-state index contributed by atoms with van der Waals surface area (Å²) in [7, 11) is 1.57. The Bertz CT molecular complexity index is 485. The molecule has 2 rings (SSSR count). The number of ether oxygens (including phenoxy) is 2. The van der Waals surface area contributed by atoms with Gasteiger partial charge in [0.15, 0.2) is 6.29 Å². The van der Waals surface area contributed by atoms with Crippen molar-refractivity contribution in [1.29, 1.82) is 0 Å². The smallest absolute Gasteiger partial charge is 0.153 e. The lowest BCUT2D eigenvalue weighted by Gasteiger charge is -2.34. The van der Waals surface area contributed by atoms with Crippen LogP contribution in [0.4, 0.5) is 0 Å². The van der Waals surface area contributed by atoms with Crippen LogP contribution in [0.25, 0.3) is 6.08 Å². The zero-order chi connectivity index (χ0) is 13.2. The summed E-state index contributed by atoms with van der Waals surface area (Å²) in [5, 5.41) is 0. The van der Waals surface area contributed by atoms with Crippen LogP contribution in [-0.4, -0.2) is 19.0 Å². The molecule has 1 aliphatic rings. The van der Waals surface area contributed by atoms with Gasteiger partial charge in [-0.05, 0) is 37.1 Å². The maximum atomic E-state index is 11.0. The van der Waals surface area contributed by atoms with E-state index in [1.54, 1.807) is 13.2 Å². The van der Waals surface area contributed by atoms with Crippen LogP contribution >= 0.6 is 0 Å². The van der Waals surface area contributed by atoms with Crippen molar-refractivity contribution in [3.63, 3.8) is 0 Å². The Labute approximate surface area is 107 Å². The van der Waals surface area contributed by atoms with Gasteiger partial charge in [-0.3, -0.25) is 4.79 Å². The summed E-state index contributed by atoms with van der Waals surface area (Å²) < 4.78 is 11.4. The number of aldehydes is 1. The minimum atomic E-state index is -0.235. The Morgan fingerprint density at radius 1 is 1.33 bits per heavy atom. The second kappa shape index (κ2) is 4.84. The number of carbonyl (C=O) groups is 1. The molecular formula is C15H18O3. The highest BCUT2D eigenvalue weighted by Crippen LogP contribution is 2.40. The number of methoxy groups -OCH3 is 1. The zero-order valence-corrected chi connectivity index (χ0v) is 11.0. The van der Waals surface area contributed by atoms with Gasteiger partial charge in [0.05, 0.1) is 18.2 Å². The van der Waals surface area contributed by atoms with Gasteiger partial charge in [-0.1, -0.05) is 13.8 Å². The number of carbonyl (C=O) groups excluding carboxylic acids is 1. The molecule has 18 heavy (non-hydrogen) atoms. The fraction of sp³-hybridized carbons (Fsp3) is 0.400. The monoisotopic (exact) mass is 246 g/mol. The van der Waals surface area contributed by atoms with E-state index in [2.05, 4.69) is 19.9 Å². The molecule has 0 unspecified atom stereocenters. The van der Waals surface area contributed by atoms with Crippen molar-refractivity contribution >= 4 is 12.4 Å². The number of fused-ring (bicyclic) bond motifs is 1. The molecule has 1 heterocycles. The first kappa shape index (κ1) is 12.7. The summed E-state index contributed by atoms with van der Waals surface area (Å²) in [6.45, 7) is 4.21. The molecule has 3 heteroatoms. The number of benzene rings is 1. The predicted molar refractivity (Wildman–Crippen MR) is 71.4 cm³/mol. The standard InChI is InChI=1S/C15H18O3/c1-4-15(5-2)9-8-12-13(18-15)7-6-11(10-16)14(12)17-3/h6-10H,4-5H2,1-3H3. The number of rotatable bonds is 4. The van der Waals surface area contributed by atoms with Crippen LogP contribution in [0.5, 0.6) is 11.5 Å². The van der Waals surface area contributed by atoms with Crippen molar-refractivity contribution < 1.29 is 14.3 Å². The summed E-state index contributed by atoms with van der Waals surface area (Å²) in [6.07, 6.45) is 6.69. The van der Waals surface area contributed by atoms with E-state index in [0.29, 0.717) is 11.3 Å². The van der Waals surface area contributed by atoms with Crippen LogP contribution in [0.15, 0.2) is 18.2 Å². The van der Waals surface area contributed by atoms with E-state index in [1.807, 2.05) is 12.1 Å². The van der Waals surface area contributed by atoms with E-state index in [1.165, 1.54) is 0 Å². The van der Waals surface area contributed by atoms with Crippen LogP contribution in [0.2, 0.25) is 0 Å². The average molecular weight is 246 g/mol. The van der Waals surface area contributed by atoms with Crippen LogP contribution in [0, 0.1) is 0 Å². The molecule has 0 atom stereocenters. The molecule has 1 aliphatic heterocycles. The minimum absolute atomic E-state index is 0.235. The lowest BCUT2D eigenvalue weighted by molar-refractivity contribution is 0.107. The molecule has 0 fully saturated rings. The van der Waals surface area contributed by atoms with Crippen molar-refractivity contribution in [2.75, 3.05) is 7.11 Å². The van der Waals surface area contributed by atoms with Crippen LogP contribution < -0.4 is 9.47 Å². The average Bonchev–Trinajstić information content (AvgIpc) is 2.45. The third kappa shape index (κ3) is 1.90. The molecule has 0 spiro atoms. The van der Waals surface area contributed by atoms with Crippen LogP contribution in [-0.2, 0) is 0 Å². The summed E-state index contributed by atoms with van der Waals surface area (Å²) in [4.78, 5) is 11.0. The maximum Gasteiger partial charge on any atom is 0.153 e. The van der Waals surface area contributed by atoms with Gasteiger partial charge < -0.3 is 9.47 Å². The first-order valence-corrected chi connectivity index (χ1v) is 6.24. The third-order valence-electron chi connectivity index (χ3n) is 3.58. The molecule has 0 amide bonds. The summed E-state index contributed by atoms with van der Waals surface area (Å²) in [5.74, 6) is 1.36. The molecule has 3 nitrogen and oxygen atoms in total. The highest BCUT2D eigenvalue weighted by atomic mass is 16.5. The van der Waals surface area contributed by atoms with E-state index in [0.717, 1.165) is 30.4 Å². The van der Waals surface area contributed by atoms with Crippen molar-refractivity contribution in [2.24, 2.45) is 0 Å². The van der Waals surface area contributed by atoms with Gasteiger partial charge in [-0.2, -0.15) is 0 Å². The first-order chi connectivity index (χ1) is 8.69. The van der Waals surface area contributed by atoms with Crippen LogP contribution in [0.3, 0.4) is 0 Å². The summed E-state index contributed by atoms with van der Waals surface area (Å²) in [5.41, 5.74) is 1.16. The molecule has 0 aromatic heterocycles. The SMILES string of the molecule is CCC1(CC)C=Cc2c(ccc(C=O)c2OC)O1. The van der Waals surface area contributed by atoms with Gasteiger partial charge in [0.2, 0.25) is 0 Å². The molecule has 0 saturated heterocycles. The quantitative estimate of drug-likeness (QED) is 0.763. The van der Waals surface area contributed by atoms with Crippen molar-refractivity contribution in [2.45, 2.75) is 32.3 Å². The van der Waals surface area contributed by atoms with Gasteiger partial charge in [0.1, 0.15) is 17.1 Å². The lowest BCUT2D eigenvalue weighted by Crippen LogP contribution is -2.34. The number of hydrogen-bond acceptors (Lipinski definition) is 3. The topological polar surface area (TPSA) is 35.5 Å². The van der Waals surface area contributed by atoms with E-state index in [4.69, 9.17) is 9.47 Å². The maximum absolute atomic E-state index is 11.0. The highest BCUT2D eigenvalue weighted by Gasteiger charge is 2.30. The Morgan fingerprint density at radius 2 is 2.06 bits per heavy atom. The second-order valence-corrected chi connectivity index (χ2v) is 4.42. The Balaban J connectivity index is 2.52. The van der Waals surface area contributed by atoms with Gasteiger partial charge in [0, 0.05) is 0 Å². The zero-order valence-electron chi connectivity index (χ0n) is 11.0. The van der Waals surface area contributed by atoms with Crippen molar-refractivity contribution in [3.05, 3.63) is 29.3 Å². The van der Waals surface area contributed by atoms with E-state index in [9.17, 15) is 4.79 Å². The molecule has 0 saturated carbocycles. The summed E-state index contributed by atoms with van der Waals surface area (Å²) >= 11 is 0. The van der Waals surface area contributed by atoms with Gasteiger partial charge >= 0.3 is 0 Å². The van der Waals surface area contributed by atoms with E-state index in [-0.39, 0.29) is 5.60 Å². The van der Waals surface area contributed by atoms with Crippen molar-refractivity contribution in [3.8, 4) is 11.5 Å². The normalized spacial score (nSPS) is 15.7. The van der Waals surface area contributed by atoms with Gasteiger partial charge in [-0.15, -0.1) is 0 Å². The largest absolute Gasteiger partial charge is 0.495 e. The molecule has 1 aromatic rings. The Hall–Kier alpha value is -1.77. The molecular weight excluding hydrogens is 228 g/mol. The Kier molecular flexibility index (Phi) is 3.41. The molecule has 0 radical (unpaired) electrons. The summed E-state index contributed by atoms with van der Waals surface area (Å²) in [6, 6.07) is 3.57. The molecule has 1 aromatic carbocycles. The first-order valence-electron chi connectivity index (χ1n) is 6.24. The fourth-order valence-electron chi connectivity index (χ4n) is 2.28. The lowest BCUT2D eigenvalue weighted by atomic mass is 9.92. The van der Waals surface area contributed by atoms with Crippen LogP contribution in [0.1, 0.15) is 42.6 Å². The molecule has 0 aliphatic carbocycles. The van der Waals surface area contributed by atoms with Gasteiger partial charge in [0.25, 0.3) is 0 Å². The molecule has 0 bridgehead atoms. The van der Waals surface area contributed by atoms with E-state index < -0.39 is 0 Å². The third-order valence-corrected chi connectivity index (χ3v) is 3.58. The van der Waals surface area contributed by atoms with Gasteiger partial charge in [-0.25, -0.2) is 0 Å². The number of hydrogen-bond donors (Lipinski definition) is 0. The Morgan fingerprint density at radius 3 is 2.61 bits per heavy atom. The molecule has 0 N–H and O–H groups in total. The second-order valence-electron chi connectivity index (χ2n) is 4.42.